The fourth-order valence-electron chi connectivity index (χ4n) is 1.60. The van der Waals surface area contributed by atoms with Gasteiger partial charge in [-0.05, 0) is 0 Å². The minimum absolute atomic E-state index is 0.275. The molecule has 20 heavy (non-hydrogen) atoms. The van der Waals surface area contributed by atoms with Crippen LogP contribution in [0.2, 0.25) is 0 Å². The maximum Gasteiger partial charge on any atom is 0.302 e. The lowest BCUT2D eigenvalue weighted by Gasteiger charge is -2.12. The molecule has 5 N–H and O–H groups in total. The number of carbonyl (C=O) groups is 2. The third-order valence-corrected chi connectivity index (χ3v) is 2.76. The number of aliphatic hydroxyl groups excluding tert-OH is 3. The minimum atomic E-state index is -1.33. The van der Waals surface area contributed by atoms with Crippen molar-refractivity contribution in [3.63, 3.8) is 0 Å². The second kappa shape index (κ2) is 7.29. The van der Waals surface area contributed by atoms with Crippen LogP contribution in [0.15, 0.2) is 4.99 Å². The number of aliphatic imine (C=N–C) groups is 1. The van der Waals surface area contributed by atoms with E-state index >= 15 is 0 Å². The lowest BCUT2D eigenvalue weighted by Crippen LogP contribution is -2.34. The third kappa shape index (κ3) is 4.23. The van der Waals surface area contributed by atoms with Gasteiger partial charge in [0.2, 0.25) is 5.91 Å². The van der Waals surface area contributed by atoms with Crippen LogP contribution in [0.3, 0.4) is 0 Å². The summed E-state index contributed by atoms with van der Waals surface area (Å²) in [6, 6.07) is 0. The van der Waals surface area contributed by atoms with Gasteiger partial charge in [0, 0.05) is 13.1 Å². The van der Waals surface area contributed by atoms with Crippen LogP contribution in [0, 0.1) is 5.92 Å². The van der Waals surface area contributed by atoms with Gasteiger partial charge in [-0.1, -0.05) is 0 Å². The van der Waals surface area contributed by atoms with Crippen LogP contribution >= 0.6 is 0 Å². The number of carbonyl (C=O) groups excluding carboxylic acids is 2. The molecule has 0 aliphatic carbocycles. The summed E-state index contributed by atoms with van der Waals surface area (Å²) in [6.45, 7) is 0.432. The highest BCUT2D eigenvalue weighted by molar-refractivity contribution is 5.92. The van der Waals surface area contributed by atoms with Crippen LogP contribution in [-0.4, -0.2) is 71.2 Å². The molecular formula is C11H18N2O7. The first-order valence-corrected chi connectivity index (χ1v) is 5.95. The molecule has 5 atom stereocenters. The van der Waals surface area contributed by atoms with E-state index in [0.29, 0.717) is 0 Å². The monoisotopic (exact) mass is 290 g/mol. The standard InChI is InChI=1S/C11H18N2O7/c1-5(15)19-4-6(10(12)18)2-13-11-9(17)8(16)7(3-14)20-11/h2,6-9,11,14,16-17H,3-4H2,1H3,(H2,12,18). The van der Waals surface area contributed by atoms with Gasteiger partial charge in [0.1, 0.15) is 30.8 Å². The highest BCUT2D eigenvalue weighted by Gasteiger charge is 2.42. The van der Waals surface area contributed by atoms with Gasteiger partial charge in [-0.2, -0.15) is 0 Å². The molecule has 1 aliphatic heterocycles. The predicted molar refractivity (Wildman–Crippen MR) is 65.6 cm³/mol. The fourth-order valence-corrected chi connectivity index (χ4v) is 1.60. The highest BCUT2D eigenvalue weighted by atomic mass is 16.6. The molecular weight excluding hydrogens is 272 g/mol. The second-order valence-electron chi connectivity index (χ2n) is 4.34. The zero-order valence-corrected chi connectivity index (χ0v) is 10.9. The van der Waals surface area contributed by atoms with Crippen LogP contribution in [0.5, 0.6) is 0 Å². The molecule has 1 amide bonds. The molecule has 0 radical (unpaired) electrons. The van der Waals surface area contributed by atoms with E-state index < -0.39 is 48.9 Å². The molecule has 5 unspecified atom stereocenters. The normalized spacial score (nSPS) is 31.4. The Balaban J connectivity index is 2.64. The summed E-state index contributed by atoms with van der Waals surface area (Å²) in [5.41, 5.74) is 5.11. The van der Waals surface area contributed by atoms with E-state index in [1.54, 1.807) is 0 Å². The topological polar surface area (TPSA) is 152 Å². The van der Waals surface area contributed by atoms with E-state index in [2.05, 4.69) is 9.73 Å². The number of rotatable bonds is 6. The smallest absolute Gasteiger partial charge is 0.302 e. The van der Waals surface area contributed by atoms with Gasteiger partial charge in [-0.3, -0.25) is 14.6 Å². The molecule has 9 heteroatoms. The molecule has 0 bridgehead atoms. The van der Waals surface area contributed by atoms with Crippen LogP contribution in [0.25, 0.3) is 0 Å². The number of primary amides is 1. The van der Waals surface area contributed by atoms with Crippen LogP contribution in [-0.2, 0) is 19.1 Å². The number of ether oxygens (including phenoxy) is 2. The third-order valence-electron chi connectivity index (χ3n) is 2.76. The number of nitrogens with zero attached hydrogens (tertiary/aromatic N) is 1. The average Bonchev–Trinajstić information content (AvgIpc) is 2.65. The summed E-state index contributed by atoms with van der Waals surface area (Å²) in [7, 11) is 0. The van der Waals surface area contributed by atoms with Gasteiger partial charge in [0.05, 0.1) is 6.61 Å². The predicted octanol–water partition coefficient (Wildman–Crippen LogP) is -2.84. The van der Waals surface area contributed by atoms with Crippen molar-refractivity contribution in [1.82, 2.24) is 0 Å². The summed E-state index contributed by atoms with van der Waals surface area (Å²) < 4.78 is 9.73. The first-order valence-electron chi connectivity index (χ1n) is 5.95. The second-order valence-corrected chi connectivity index (χ2v) is 4.34. The maximum atomic E-state index is 11.1. The van der Waals surface area contributed by atoms with Gasteiger partial charge in [-0.25, -0.2) is 0 Å². The van der Waals surface area contributed by atoms with Gasteiger partial charge < -0.3 is 30.5 Å². The Morgan fingerprint density at radius 1 is 1.45 bits per heavy atom. The molecule has 1 aliphatic rings. The zero-order chi connectivity index (χ0) is 15.3. The summed E-state index contributed by atoms with van der Waals surface area (Å²) in [6.07, 6.45) is -3.59. The van der Waals surface area contributed by atoms with E-state index in [1.165, 1.54) is 6.92 Å². The SMILES string of the molecule is CC(=O)OCC(C=NC1OC(CO)C(O)C1O)C(N)=O. The van der Waals surface area contributed by atoms with Crippen molar-refractivity contribution in [3.8, 4) is 0 Å². The van der Waals surface area contributed by atoms with E-state index in [9.17, 15) is 19.8 Å². The molecule has 0 saturated carbocycles. The van der Waals surface area contributed by atoms with E-state index in [1.807, 2.05) is 0 Å². The number of hydrogen-bond donors (Lipinski definition) is 4. The minimum Gasteiger partial charge on any atom is -0.465 e. The number of hydrogen-bond acceptors (Lipinski definition) is 8. The molecule has 0 aromatic carbocycles. The lowest BCUT2D eigenvalue weighted by molar-refractivity contribution is -0.142. The largest absolute Gasteiger partial charge is 0.465 e. The average molecular weight is 290 g/mol. The highest BCUT2D eigenvalue weighted by Crippen LogP contribution is 2.21. The number of amides is 1. The quantitative estimate of drug-likeness (QED) is 0.304. The Hall–Kier alpha value is -1.55. The van der Waals surface area contributed by atoms with Crippen molar-refractivity contribution < 1.29 is 34.4 Å². The van der Waals surface area contributed by atoms with Crippen molar-refractivity contribution in [2.45, 2.75) is 31.5 Å². The van der Waals surface area contributed by atoms with Crippen molar-refractivity contribution in [2.75, 3.05) is 13.2 Å². The molecule has 0 aromatic heterocycles. The summed E-state index contributed by atoms with van der Waals surface area (Å²) in [5, 5.41) is 28.0. The summed E-state index contributed by atoms with van der Waals surface area (Å²) in [5.74, 6) is -2.31. The Labute approximate surface area is 115 Å². The number of aliphatic hydroxyl groups is 3. The van der Waals surface area contributed by atoms with Crippen molar-refractivity contribution >= 4 is 18.1 Å². The van der Waals surface area contributed by atoms with Crippen molar-refractivity contribution in [3.05, 3.63) is 0 Å². The molecule has 1 fully saturated rings. The van der Waals surface area contributed by atoms with Gasteiger partial charge in [0.15, 0.2) is 6.23 Å². The van der Waals surface area contributed by atoms with Crippen molar-refractivity contribution in [2.24, 2.45) is 16.6 Å². The van der Waals surface area contributed by atoms with E-state index in [-0.39, 0.29) is 6.61 Å². The lowest BCUT2D eigenvalue weighted by atomic mass is 10.1. The Morgan fingerprint density at radius 2 is 2.10 bits per heavy atom. The van der Waals surface area contributed by atoms with Crippen LogP contribution in [0.1, 0.15) is 6.92 Å². The molecule has 0 aromatic rings. The van der Waals surface area contributed by atoms with E-state index in [4.69, 9.17) is 15.6 Å². The van der Waals surface area contributed by atoms with Gasteiger partial charge in [0.25, 0.3) is 0 Å². The molecule has 0 spiro atoms. The Kier molecular flexibility index (Phi) is 6.02. The Morgan fingerprint density at radius 3 is 2.55 bits per heavy atom. The summed E-state index contributed by atoms with van der Waals surface area (Å²) >= 11 is 0. The van der Waals surface area contributed by atoms with Crippen LogP contribution in [0.4, 0.5) is 0 Å². The molecule has 1 saturated heterocycles. The van der Waals surface area contributed by atoms with Gasteiger partial charge in [-0.15, -0.1) is 0 Å². The van der Waals surface area contributed by atoms with E-state index in [0.717, 1.165) is 6.21 Å². The van der Waals surface area contributed by atoms with Gasteiger partial charge >= 0.3 is 5.97 Å². The molecule has 114 valence electrons. The number of esters is 1. The maximum absolute atomic E-state index is 11.1. The number of nitrogens with two attached hydrogens (primary N) is 1. The fraction of sp³-hybridized carbons (Fsp3) is 0.727. The Bertz CT molecular complexity index is 387. The molecule has 9 nitrogen and oxygen atoms in total. The van der Waals surface area contributed by atoms with Crippen LogP contribution < -0.4 is 5.73 Å². The zero-order valence-electron chi connectivity index (χ0n) is 10.9. The first-order chi connectivity index (χ1) is 9.36. The van der Waals surface area contributed by atoms with Crippen molar-refractivity contribution in [1.29, 1.82) is 0 Å². The summed E-state index contributed by atoms with van der Waals surface area (Å²) in [4.78, 5) is 25.6. The first kappa shape index (κ1) is 16.5. The molecule has 1 rings (SSSR count). The molecule has 1 heterocycles.